The van der Waals surface area contributed by atoms with Gasteiger partial charge in [0, 0.05) is 17.9 Å². The van der Waals surface area contributed by atoms with Crippen molar-refractivity contribution in [3.05, 3.63) is 36.4 Å². The van der Waals surface area contributed by atoms with Crippen LogP contribution in [-0.2, 0) is 9.84 Å². The fourth-order valence-corrected chi connectivity index (χ4v) is 4.38. The number of anilines is 1. The van der Waals surface area contributed by atoms with Crippen LogP contribution in [0.25, 0.3) is 11.3 Å². The maximum absolute atomic E-state index is 11.6. The lowest BCUT2D eigenvalue weighted by molar-refractivity contribution is 0.416. The van der Waals surface area contributed by atoms with E-state index < -0.39 is 9.84 Å². The van der Waals surface area contributed by atoms with Crippen LogP contribution >= 0.6 is 0 Å². The highest BCUT2D eigenvalue weighted by molar-refractivity contribution is 7.91. The molecule has 0 saturated heterocycles. The molecule has 0 unspecified atom stereocenters. The lowest BCUT2D eigenvalue weighted by Crippen LogP contribution is -2.32. The summed E-state index contributed by atoms with van der Waals surface area (Å²) in [6.45, 7) is 0. The van der Waals surface area contributed by atoms with E-state index in [4.69, 9.17) is 4.74 Å². The van der Waals surface area contributed by atoms with E-state index in [9.17, 15) is 8.42 Å². The minimum atomic E-state index is -2.93. The van der Waals surface area contributed by atoms with E-state index in [1.54, 1.807) is 7.11 Å². The number of methoxy groups -OCH3 is 1. The number of para-hydroxylation sites is 1. The van der Waals surface area contributed by atoms with E-state index in [-0.39, 0.29) is 11.3 Å². The molecule has 1 aliphatic carbocycles. The van der Waals surface area contributed by atoms with Gasteiger partial charge in [0.15, 0.2) is 0 Å². The predicted octanol–water partition coefficient (Wildman–Crippen LogP) is 2.92. The molecule has 0 aliphatic heterocycles. The number of ether oxygens (including phenoxy) is 1. The number of sulfone groups is 1. The van der Waals surface area contributed by atoms with Crippen LogP contribution in [0.1, 0.15) is 25.7 Å². The second kappa shape index (κ2) is 7.39. The summed E-state index contributed by atoms with van der Waals surface area (Å²) in [4.78, 5) is 0. The van der Waals surface area contributed by atoms with Gasteiger partial charge in [0.05, 0.1) is 18.1 Å². The Kier molecular flexibility index (Phi) is 5.22. The van der Waals surface area contributed by atoms with Crippen molar-refractivity contribution in [3.63, 3.8) is 0 Å². The molecule has 0 bridgehead atoms. The van der Waals surface area contributed by atoms with Gasteiger partial charge in [-0.15, -0.1) is 10.2 Å². The quantitative estimate of drug-likeness (QED) is 0.882. The van der Waals surface area contributed by atoms with E-state index in [0.29, 0.717) is 18.7 Å². The van der Waals surface area contributed by atoms with E-state index in [1.807, 2.05) is 36.4 Å². The summed E-state index contributed by atoms with van der Waals surface area (Å²) in [5, 5.41) is 11.7. The summed E-state index contributed by atoms with van der Waals surface area (Å²) >= 11 is 0. The Morgan fingerprint density at radius 2 is 1.76 bits per heavy atom. The molecule has 0 spiro atoms. The van der Waals surface area contributed by atoms with Gasteiger partial charge in [-0.05, 0) is 49.9 Å². The van der Waals surface area contributed by atoms with Gasteiger partial charge >= 0.3 is 0 Å². The molecule has 1 aromatic carbocycles. The molecular weight excluding hydrogens is 338 g/mol. The van der Waals surface area contributed by atoms with Gasteiger partial charge < -0.3 is 10.1 Å². The summed E-state index contributed by atoms with van der Waals surface area (Å²) in [6.07, 6.45) is 4.38. The summed E-state index contributed by atoms with van der Waals surface area (Å²) in [5.41, 5.74) is 1.65. The smallest absolute Gasteiger partial charge is 0.150 e. The minimum Gasteiger partial charge on any atom is -0.496 e. The molecule has 1 aromatic heterocycles. The molecule has 2 aromatic rings. The molecule has 1 N–H and O–H groups in total. The SMILES string of the molecule is COc1ccccc1-c1ccc(NC2CCC(S(C)(=O)=O)CC2)nn1. The number of aromatic nitrogens is 2. The standard InChI is InChI=1S/C18H23N3O3S/c1-24-17-6-4-3-5-15(17)16-11-12-18(21-20-16)19-13-7-9-14(10-8-13)25(2,22)23/h3-6,11-14H,7-10H2,1-2H3,(H,19,21). The molecule has 7 heteroatoms. The molecule has 1 saturated carbocycles. The van der Waals surface area contributed by atoms with Crippen LogP contribution in [0.4, 0.5) is 5.82 Å². The average Bonchev–Trinajstić information content (AvgIpc) is 2.62. The highest BCUT2D eigenvalue weighted by Gasteiger charge is 2.27. The van der Waals surface area contributed by atoms with Crippen molar-refractivity contribution in [2.24, 2.45) is 0 Å². The van der Waals surface area contributed by atoms with Crippen LogP contribution in [0.2, 0.25) is 0 Å². The Morgan fingerprint density at radius 1 is 1.04 bits per heavy atom. The summed E-state index contributed by atoms with van der Waals surface area (Å²) < 4.78 is 28.6. The van der Waals surface area contributed by atoms with Crippen LogP contribution in [0.5, 0.6) is 5.75 Å². The zero-order valence-electron chi connectivity index (χ0n) is 14.5. The van der Waals surface area contributed by atoms with Crippen molar-refractivity contribution in [1.29, 1.82) is 0 Å². The molecule has 0 radical (unpaired) electrons. The second-order valence-electron chi connectivity index (χ2n) is 6.45. The molecule has 0 amide bonds. The predicted molar refractivity (Wildman–Crippen MR) is 98.5 cm³/mol. The molecule has 6 nitrogen and oxygen atoms in total. The topological polar surface area (TPSA) is 81.2 Å². The zero-order chi connectivity index (χ0) is 17.9. The molecule has 1 heterocycles. The lowest BCUT2D eigenvalue weighted by atomic mass is 9.95. The molecule has 3 rings (SSSR count). The van der Waals surface area contributed by atoms with Crippen LogP contribution in [0.3, 0.4) is 0 Å². The van der Waals surface area contributed by atoms with E-state index in [2.05, 4.69) is 15.5 Å². The first-order valence-electron chi connectivity index (χ1n) is 8.40. The third-order valence-corrected chi connectivity index (χ3v) is 6.36. The third kappa shape index (κ3) is 4.28. The Labute approximate surface area is 148 Å². The Bertz CT molecular complexity index is 814. The molecule has 1 fully saturated rings. The van der Waals surface area contributed by atoms with Gasteiger partial charge in [-0.1, -0.05) is 12.1 Å². The molecular formula is C18H23N3O3S. The Balaban J connectivity index is 1.64. The van der Waals surface area contributed by atoms with Gasteiger partial charge in [0.25, 0.3) is 0 Å². The number of rotatable bonds is 5. The van der Waals surface area contributed by atoms with Crippen LogP contribution < -0.4 is 10.1 Å². The highest BCUT2D eigenvalue weighted by atomic mass is 32.2. The van der Waals surface area contributed by atoms with Crippen molar-refractivity contribution in [3.8, 4) is 17.0 Å². The van der Waals surface area contributed by atoms with Crippen LogP contribution in [-0.4, -0.2) is 43.3 Å². The lowest BCUT2D eigenvalue weighted by Gasteiger charge is -2.28. The summed E-state index contributed by atoms with van der Waals surface area (Å²) in [5.74, 6) is 1.47. The fraction of sp³-hybridized carbons (Fsp3) is 0.444. The average molecular weight is 361 g/mol. The molecule has 1 aliphatic rings. The largest absolute Gasteiger partial charge is 0.496 e. The second-order valence-corrected chi connectivity index (χ2v) is 8.78. The summed E-state index contributed by atoms with van der Waals surface area (Å²) in [6, 6.07) is 11.7. The van der Waals surface area contributed by atoms with Crippen molar-refractivity contribution in [2.75, 3.05) is 18.7 Å². The first kappa shape index (κ1) is 17.7. The maximum atomic E-state index is 11.6. The van der Waals surface area contributed by atoms with Gasteiger partial charge in [-0.3, -0.25) is 0 Å². The number of hydrogen-bond donors (Lipinski definition) is 1. The fourth-order valence-electron chi connectivity index (χ4n) is 3.25. The maximum Gasteiger partial charge on any atom is 0.150 e. The highest BCUT2D eigenvalue weighted by Crippen LogP contribution is 2.29. The van der Waals surface area contributed by atoms with Crippen molar-refractivity contribution in [2.45, 2.75) is 37.0 Å². The van der Waals surface area contributed by atoms with Gasteiger partial charge in [0.2, 0.25) is 0 Å². The van der Waals surface area contributed by atoms with E-state index >= 15 is 0 Å². The minimum absolute atomic E-state index is 0.204. The number of nitrogens with one attached hydrogen (secondary N) is 1. The first-order chi connectivity index (χ1) is 12.0. The Morgan fingerprint density at radius 3 is 2.36 bits per heavy atom. The van der Waals surface area contributed by atoms with Gasteiger partial charge in [0.1, 0.15) is 21.4 Å². The first-order valence-corrected chi connectivity index (χ1v) is 10.4. The third-order valence-electron chi connectivity index (χ3n) is 4.68. The van der Waals surface area contributed by atoms with E-state index in [0.717, 1.165) is 29.8 Å². The van der Waals surface area contributed by atoms with Crippen molar-refractivity contribution < 1.29 is 13.2 Å². The van der Waals surface area contributed by atoms with Gasteiger partial charge in [-0.2, -0.15) is 0 Å². The molecule has 134 valence electrons. The molecule has 0 atom stereocenters. The Hall–Kier alpha value is -2.15. The van der Waals surface area contributed by atoms with Crippen LogP contribution in [0.15, 0.2) is 36.4 Å². The monoisotopic (exact) mass is 361 g/mol. The zero-order valence-corrected chi connectivity index (χ0v) is 15.3. The number of benzene rings is 1. The van der Waals surface area contributed by atoms with Crippen molar-refractivity contribution in [1.82, 2.24) is 10.2 Å². The number of nitrogens with zero attached hydrogens (tertiary/aromatic N) is 2. The van der Waals surface area contributed by atoms with Crippen LogP contribution in [0, 0.1) is 0 Å². The normalized spacial score (nSPS) is 20.9. The van der Waals surface area contributed by atoms with Crippen molar-refractivity contribution >= 4 is 15.7 Å². The van der Waals surface area contributed by atoms with E-state index in [1.165, 1.54) is 6.26 Å². The summed E-state index contributed by atoms with van der Waals surface area (Å²) in [7, 11) is -1.30. The molecule has 25 heavy (non-hydrogen) atoms. The van der Waals surface area contributed by atoms with Gasteiger partial charge in [-0.25, -0.2) is 8.42 Å². The number of hydrogen-bond acceptors (Lipinski definition) is 6.